The summed E-state index contributed by atoms with van der Waals surface area (Å²) >= 11 is 1.14. The second kappa shape index (κ2) is 8.19. The number of nitro benzene ring substituents is 1. The van der Waals surface area contributed by atoms with Gasteiger partial charge < -0.3 is 9.30 Å². The molecule has 0 aliphatic carbocycles. The highest BCUT2D eigenvalue weighted by atomic mass is 32.1. The Balaban J connectivity index is 2.10. The second-order valence-corrected chi connectivity index (χ2v) is 6.55. The van der Waals surface area contributed by atoms with Crippen molar-refractivity contribution in [3.63, 3.8) is 0 Å². The fourth-order valence-electron chi connectivity index (χ4n) is 2.61. The van der Waals surface area contributed by atoms with E-state index >= 15 is 0 Å². The summed E-state index contributed by atoms with van der Waals surface area (Å²) < 4.78 is 21.3. The molecule has 0 atom stereocenters. The molecule has 1 amide bonds. The van der Waals surface area contributed by atoms with Crippen molar-refractivity contribution < 1.29 is 18.8 Å². The predicted molar refractivity (Wildman–Crippen MR) is 99.3 cm³/mol. The summed E-state index contributed by atoms with van der Waals surface area (Å²) in [6.07, 6.45) is 0. The van der Waals surface area contributed by atoms with E-state index in [1.54, 1.807) is 16.7 Å². The molecular formula is C18H16FN3O4S. The number of carbonyl (C=O) groups excluding carboxylic acids is 1. The van der Waals surface area contributed by atoms with Crippen LogP contribution in [0.5, 0.6) is 0 Å². The number of nitro groups is 1. The largest absolute Gasteiger partial charge is 0.380 e. The van der Waals surface area contributed by atoms with Crippen molar-refractivity contribution in [3.8, 4) is 0 Å². The van der Waals surface area contributed by atoms with E-state index in [0.29, 0.717) is 29.3 Å². The standard InChI is InChI=1S/C18H16FN3O4S/c1-2-26-10-9-21-15-8-7-12(19)11-16(15)27-18(21)20-17(23)13-5-3-4-6-14(13)22(24)25/h3-8,11H,2,9-10H2,1H3. The topological polar surface area (TPSA) is 86.7 Å². The molecule has 1 aromatic heterocycles. The second-order valence-electron chi connectivity index (χ2n) is 5.54. The molecule has 0 aliphatic rings. The van der Waals surface area contributed by atoms with Gasteiger partial charge in [0.25, 0.3) is 11.6 Å². The molecule has 0 unspecified atom stereocenters. The van der Waals surface area contributed by atoms with Crippen LogP contribution in [0.4, 0.5) is 10.1 Å². The van der Waals surface area contributed by atoms with Crippen LogP contribution in [0.25, 0.3) is 10.2 Å². The minimum Gasteiger partial charge on any atom is -0.380 e. The minimum absolute atomic E-state index is 0.0949. The van der Waals surface area contributed by atoms with Gasteiger partial charge in [0.2, 0.25) is 0 Å². The zero-order valence-corrected chi connectivity index (χ0v) is 15.2. The highest BCUT2D eigenvalue weighted by molar-refractivity contribution is 7.16. The van der Waals surface area contributed by atoms with Gasteiger partial charge in [-0.25, -0.2) is 4.39 Å². The lowest BCUT2D eigenvalue weighted by Gasteiger charge is -2.05. The monoisotopic (exact) mass is 389 g/mol. The van der Waals surface area contributed by atoms with Crippen LogP contribution in [0.2, 0.25) is 0 Å². The summed E-state index contributed by atoms with van der Waals surface area (Å²) in [5.74, 6) is -1.11. The van der Waals surface area contributed by atoms with E-state index in [-0.39, 0.29) is 11.3 Å². The number of para-hydroxylation sites is 1. The van der Waals surface area contributed by atoms with Gasteiger partial charge >= 0.3 is 0 Å². The summed E-state index contributed by atoms with van der Waals surface area (Å²) in [5.41, 5.74) is 0.317. The molecule has 2 aromatic carbocycles. The summed E-state index contributed by atoms with van der Waals surface area (Å²) in [5, 5.41) is 11.1. The molecule has 27 heavy (non-hydrogen) atoms. The van der Waals surface area contributed by atoms with Crippen LogP contribution in [0, 0.1) is 15.9 Å². The molecule has 3 rings (SSSR count). The highest BCUT2D eigenvalue weighted by Gasteiger charge is 2.19. The maximum atomic E-state index is 13.6. The molecule has 7 nitrogen and oxygen atoms in total. The Morgan fingerprint density at radius 1 is 1.33 bits per heavy atom. The Hall–Kier alpha value is -2.91. The van der Waals surface area contributed by atoms with E-state index in [1.807, 2.05) is 6.92 Å². The molecule has 0 radical (unpaired) electrons. The van der Waals surface area contributed by atoms with E-state index in [4.69, 9.17) is 4.74 Å². The molecule has 0 aliphatic heterocycles. The number of rotatable bonds is 6. The predicted octanol–water partition coefficient (Wildman–Crippen LogP) is 3.53. The van der Waals surface area contributed by atoms with Crippen molar-refractivity contribution in [1.29, 1.82) is 0 Å². The number of aromatic nitrogens is 1. The maximum Gasteiger partial charge on any atom is 0.286 e. The molecule has 3 aromatic rings. The number of nitrogens with zero attached hydrogens (tertiary/aromatic N) is 3. The Morgan fingerprint density at radius 2 is 2.11 bits per heavy atom. The van der Waals surface area contributed by atoms with Gasteiger partial charge in [-0.1, -0.05) is 23.5 Å². The number of fused-ring (bicyclic) bond motifs is 1. The first-order chi connectivity index (χ1) is 13.0. The number of amides is 1. The molecular weight excluding hydrogens is 373 g/mol. The van der Waals surface area contributed by atoms with Gasteiger partial charge in [-0.05, 0) is 31.2 Å². The maximum absolute atomic E-state index is 13.6. The van der Waals surface area contributed by atoms with Crippen molar-refractivity contribution >= 4 is 33.1 Å². The Morgan fingerprint density at radius 3 is 2.85 bits per heavy atom. The van der Waals surface area contributed by atoms with Gasteiger partial charge in [0.1, 0.15) is 11.4 Å². The van der Waals surface area contributed by atoms with E-state index < -0.39 is 16.6 Å². The number of hydrogen-bond donors (Lipinski definition) is 0. The normalized spacial score (nSPS) is 11.9. The van der Waals surface area contributed by atoms with Crippen molar-refractivity contribution in [2.45, 2.75) is 13.5 Å². The molecule has 1 heterocycles. The van der Waals surface area contributed by atoms with Crippen molar-refractivity contribution in [2.75, 3.05) is 13.2 Å². The first-order valence-corrected chi connectivity index (χ1v) is 9.02. The van der Waals surface area contributed by atoms with Crippen LogP contribution in [0.3, 0.4) is 0 Å². The van der Waals surface area contributed by atoms with Crippen LogP contribution in [-0.2, 0) is 11.3 Å². The third-order valence-electron chi connectivity index (χ3n) is 3.84. The molecule has 0 spiro atoms. The lowest BCUT2D eigenvalue weighted by atomic mass is 10.2. The Labute approximate surface area is 157 Å². The van der Waals surface area contributed by atoms with Gasteiger partial charge in [0, 0.05) is 19.2 Å². The van der Waals surface area contributed by atoms with E-state index in [2.05, 4.69) is 4.99 Å². The average Bonchev–Trinajstić information content (AvgIpc) is 2.98. The number of thiazole rings is 1. The zero-order chi connectivity index (χ0) is 19.4. The molecule has 9 heteroatoms. The van der Waals surface area contributed by atoms with E-state index in [1.165, 1.54) is 30.3 Å². The number of benzene rings is 2. The van der Waals surface area contributed by atoms with E-state index in [9.17, 15) is 19.3 Å². The minimum atomic E-state index is -0.723. The summed E-state index contributed by atoms with van der Waals surface area (Å²) in [6, 6.07) is 9.96. The lowest BCUT2D eigenvalue weighted by molar-refractivity contribution is -0.385. The van der Waals surface area contributed by atoms with Gasteiger partial charge in [-0.3, -0.25) is 14.9 Å². The molecule has 0 saturated carbocycles. The van der Waals surface area contributed by atoms with Crippen LogP contribution in [0.15, 0.2) is 47.5 Å². The lowest BCUT2D eigenvalue weighted by Crippen LogP contribution is -2.20. The SMILES string of the molecule is CCOCCn1c(=NC(=O)c2ccccc2[N+](=O)[O-])sc2cc(F)ccc21. The van der Waals surface area contributed by atoms with Gasteiger partial charge in [-0.2, -0.15) is 4.99 Å². The van der Waals surface area contributed by atoms with Gasteiger partial charge in [-0.15, -0.1) is 0 Å². The molecule has 0 saturated heterocycles. The van der Waals surface area contributed by atoms with Crippen molar-refractivity contribution in [1.82, 2.24) is 4.57 Å². The smallest absolute Gasteiger partial charge is 0.286 e. The van der Waals surface area contributed by atoms with Gasteiger partial charge in [0.05, 0.1) is 21.7 Å². The molecule has 0 N–H and O–H groups in total. The van der Waals surface area contributed by atoms with Crippen LogP contribution < -0.4 is 4.80 Å². The molecule has 140 valence electrons. The average molecular weight is 389 g/mol. The highest BCUT2D eigenvalue weighted by Crippen LogP contribution is 2.21. The third kappa shape index (κ3) is 4.09. The summed E-state index contributed by atoms with van der Waals surface area (Å²) in [7, 11) is 0. The van der Waals surface area contributed by atoms with E-state index in [0.717, 1.165) is 16.9 Å². The number of carbonyl (C=O) groups is 1. The van der Waals surface area contributed by atoms with Crippen LogP contribution in [-0.4, -0.2) is 28.6 Å². The fourth-order valence-corrected chi connectivity index (χ4v) is 3.69. The Kier molecular flexibility index (Phi) is 5.72. The number of halogens is 1. The first kappa shape index (κ1) is 18.9. The van der Waals surface area contributed by atoms with Gasteiger partial charge in [0.15, 0.2) is 4.80 Å². The van der Waals surface area contributed by atoms with Crippen molar-refractivity contribution in [3.05, 3.63) is 68.8 Å². The number of hydrogen-bond acceptors (Lipinski definition) is 5. The zero-order valence-electron chi connectivity index (χ0n) is 14.4. The molecule has 0 bridgehead atoms. The fraction of sp³-hybridized carbons (Fsp3) is 0.222. The molecule has 0 fully saturated rings. The Bertz CT molecular complexity index is 1070. The van der Waals surface area contributed by atoms with Crippen LogP contribution >= 0.6 is 11.3 Å². The first-order valence-electron chi connectivity index (χ1n) is 8.20. The summed E-state index contributed by atoms with van der Waals surface area (Å²) in [6.45, 7) is 3.23. The third-order valence-corrected chi connectivity index (χ3v) is 4.88. The number of ether oxygens (including phenoxy) is 1. The van der Waals surface area contributed by atoms with Crippen LogP contribution in [0.1, 0.15) is 17.3 Å². The van der Waals surface area contributed by atoms with Crippen molar-refractivity contribution in [2.24, 2.45) is 4.99 Å². The summed E-state index contributed by atoms with van der Waals surface area (Å²) in [4.78, 5) is 27.5. The quantitative estimate of drug-likeness (QED) is 0.367.